The van der Waals surface area contributed by atoms with Gasteiger partial charge in [0.2, 0.25) is 0 Å². The SMILES string of the molecule is CCc1cc(C(=O)Nc2ccc(Cl)cc2Cl)ncn1. The third-order valence-electron chi connectivity index (χ3n) is 2.50. The van der Waals surface area contributed by atoms with E-state index in [4.69, 9.17) is 23.2 Å². The molecule has 0 fully saturated rings. The molecular weight excluding hydrogens is 285 g/mol. The van der Waals surface area contributed by atoms with Gasteiger partial charge >= 0.3 is 0 Å². The summed E-state index contributed by atoms with van der Waals surface area (Å²) in [5, 5.41) is 3.58. The number of hydrogen-bond donors (Lipinski definition) is 1. The van der Waals surface area contributed by atoms with Crippen molar-refractivity contribution in [2.24, 2.45) is 0 Å². The number of carbonyl (C=O) groups excluding carboxylic acids is 1. The van der Waals surface area contributed by atoms with Gasteiger partial charge in [-0.15, -0.1) is 0 Å². The summed E-state index contributed by atoms with van der Waals surface area (Å²) in [6, 6.07) is 6.51. The fourth-order valence-corrected chi connectivity index (χ4v) is 1.95. The Morgan fingerprint density at radius 1 is 1.26 bits per heavy atom. The molecule has 19 heavy (non-hydrogen) atoms. The molecule has 2 rings (SSSR count). The lowest BCUT2D eigenvalue weighted by Gasteiger charge is -2.07. The van der Waals surface area contributed by atoms with E-state index in [-0.39, 0.29) is 5.91 Å². The predicted molar refractivity (Wildman–Crippen MR) is 75.8 cm³/mol. The molecule has 2 aromatic rings. The van der Waals surface area contributed by atoms with Crippen LogP contribution < -0.4 is 5.32 Å². The molecule has 6 heteroatoms. The fourth-order valence-electron chi connectivity index (χ4n) is 1.49. The molecule has 1 amide bonds. The number of amides is 1. The first-order valence-electron chi connectivity index (χ1n) is 5.67. The molecule has 0 unspecified atom stereocenters. The monoisotopic (exact) mass is 295 g/mol. The van der Waals surface area contributed by atoms with Gasteiger partial charge in [-0.1, -0.05) is 30.1 Å². The molecule has 0 saturated heterocycles. The molecule has 4 nitrogen and oxygen atoms in total. The Balaban J connectivity index is 2.20. The minimum Gasteiger partial charge on any atom is -0.319 e. The third-order valence-corrected chi connectivity index (χ3v) is 3.05. The van der Waals surface area contributed by atoms with Gasteiger partial charge in [0.25, 0.3) is 5.91 Å². The number of halogens is 2. The second-order valence-electron chi connectivity index (χ2n) is 3.83. The molecule has 1 heterocycles. The highest BCUT2D eigenvalue weighted by Crippen LogP contribution is 2.25. The van der Waals surface area contributed by atoms with Crippen molar-refractivity contribution in [1.29, 1.82) is 0 Å². The van der Waals surface area contributed by atoms with E-state index in [9.17, 15) is 4.79 Å². The maximum absolute atomic E-state index is 12.0. The van der Waals surface area contributed by atoms with E-state index in [0.717, 1.165) is 12.1 Å². The lowest BCUT2D eigenvalue weighted by molar-refractivity contribution is 0.102. The number of nitrogens with one attached hydrogen (secondary N) is 1. The fraction of sp³-hybridized carbons (Fsp3) is 0.154. The molecule has 1 aromatic carbocycles. The molecule has 98 valence electrons. The predicted octanol–water partition coefficient (Wildman–Crippen LogP) is 3.60. The molecule has 0 saturated carbocycles. The van der Waals surface area contributed by atoms with E-state index in [1.165, 1.54) is 6.33 Å². The highest BCUT2D eigenvalue weighted by atomic mass is 35.5. The van der Waals surface area contributed by atoms with Crippen LogP contribution in [0.1, 0.15) is 23.1 Å². The second-order valence-corrected chi connectivity index (χ2v) is 4.67. The first kappa shape index (κ1) is 13.8. The van der Waals surface area contributed by atoms with Gasteiger partial charge in [0, 0.05) is 10.7 Å². The summed E-state index contributed by atoms with van der Waals surface area (Å²) in [5.41, 5.74) is 1.60. The van der Waals surface area contributed by atoms with Gasteiger partial charge in [-0.3, -0.25) is 4.79 Å². The van der Waals surface area contributed by atoms with E-state index >= 15 is 0 Å². The molecule has 0 bridgehead atoms. The lowest BCUT2D eigenvalue weighted by atomic mass is 10.2. The lowest BCUT2D eigenvalue weighted by Crippen LogP contribution is -2.14. The number of nitrogens with zero attached hydrogens (tertiary/aromatic N) is 2. The topological polar surface area (TPSA) is 54.9 Å². The smallest absolute Gasteiger partial charge is 0.274 e. The molecule has 0 atom stereocenters. The number of aryl methyl sites for hydroxylation is 1. The van der Waals surface area contributed by atoms with Gasteiger partial charge in [-0.05, 0) is 30.7 Å². The van der Waals surface area contributed by atoms with Crippen LogP contribution in [0.15, 0.2) is 30.6 Å². The highest BCUT2D eigenvalue weighted by molar-refractivity contribution is 6.36. The highest BCUT2D eigenvalue weighted by Gasteiger charge is 2.10. The van der Waals surface area contributed by atoms with Crippen LogP contribution in [0, 0.1) is 0 Å². The van der Waals surface area contributed by atoms with E-state index in [1.807, 2.05) is 6.92 Å². The Labute approximate surface area is 120 Å². The van der Waals surface area contributed by atoms with E-state index in [0.29, 0.717) is 21.4 Å². The van der Waals surface area contributed by atoms with Crippen LogP contribution in [0.3, 0.4) is 0 Å². The zero-order chi connectivity index (χ0) is 13.8. The quantitative estimate of drug-likeness (QED) is 0.941. The molecule has 0 radical (unpaired) electrons. The van der Waals surface area contributed by atoms with Crippen molar-refractivity contribution >= 4 is 34.8 Å². The molecular formula is C13H11Cl2N3O. The molecule has 1 N–H and O–H groups in total. The molecule has 0 aliphatic carbocycles. The Bertz CT molecular complexity index is 617. The van der Waals surface area contributed by atoms with Gasteiger partial charge in [0.15, 0.2) is 0 Å². The average Bonchev–Trinajstić information content (AvgIpc) is 2.42. The van der Waals surface area contributed by atoms with Crippen molar-refractivity contribution in [2.45, 2.75) is 13.3 Å². The maximum atomic E-state index is 12.0. The third kappa shape index (κ3) is 3.43. The maximum Gasteiger partial charge on any atom is 0.274 e. The van der Waals surface area contributed by atoms with Crippen LogP contribution in [0.25, 0.3) is 0 Å². The van der Waals surface area contributed by atoms with Crippen LogP contribution in [0.2, 0.25) is 10.0 Å². The van der Waals surface area contributed by atoms with Crippen LogP contribution in [-0.2, 0) is 6.42 Å². The summed E-state index contributed by atoms with van der Waals surface area (Å²) < 4.78 is 0. The van der Waals surface area contributed by atoms with Crippen molar-refractivity contribution < 1.29 is 4.79 Å². The Hall–Kier alpha value is -1.65. The minimum absolute atomic E-state index is 0.304. The molecule has 0 aliphatic heterocycles. The van der Waals surface area contributed by atoms with Crippen molar-refractivity contribution in [3.05, 3.63) is 52.0 Å². The van der Waals surface area contributed by atoms with Gasteiger partial charge in [-0.25, -0.2) is 9.97 Å². The largest absolute Gasteiger partial charge is 0.319 e. The summed E-state index contributed by atoms with van der Waals surface area (Å²) in [6.45, 7) is 1.96. The van der Waals surface area contributed by atoms with Crippen molar-refractivity contribution in [3.8, 4) is 0 Å². The van der Waals surface area contributed by atoms with Gasteiger partial charge in [0.05, 0.1) is 10.7 Å². The molecule has 1 aromatic heterocycles. The van der Waals surface area contributed by atoms with Crippen molar-refractivity contribution in [1.82, 2.24) is 9.97 Å². The summed E-state index contributed by atoms with van der Waals surface area (Å²) in [7, 11) is 0. The number of anilines is 1. The van der Waals surface area contributed by atoms with Crippen LogP contribution >= 0.6 is 23.2 Å². The summed E-state index contributed by atoms with van der Waals surface area (Å²) in [4.78, 5) is 20.0. The molecule has 0 aliphatic rings. The molecule has 0 spiro atoms. The van der Waals surface area contributed by atoms with Gasteiger partial charge < -0.3 is 5.32 Å². The number of benzene rings is 1. The second kappa shape index (κ2) is 5.99. The Morgan fingerprint density at radius 2 is 2.05 bits per heavy atom. The number of hydrogen-bond acceptors (Lipinski definition) is 3. The van der Waals surface area contributed by atoms with Crippen LogP contribution in [-0.4, -0.2) is 15.9 Å². The van der Waals surface area contributed by atoms with Crippen LogP contribution in [0.4, 0.5) is 5.69 Å². The summed E-state index contributed by atoms with van der Waals surface area (Å²) >= 11 is 11.8. The normalized spacial score (nSPS) is 10.3. The number of carbonyl (C=O) groups is 1. The number of aromatic nitrogens is 2. The van der Waals surface area contributed by atoms with Crippen molar-refractivity contribution in [2.75, 3.05) is 5.32 Å². The summed E-state index contributed by atoms with van der Waals surface area (Å²) in [5.74, 6) is -0.332. The van der Waals surface area contributed by atoms with Gasteiger partial charge in [-0.2, -0.15) is 0 Å². The Kier molecular flexibility index (Phi) is 4.35. The average molecular weight is 296 g/mol. The van der Waals surface area contributed by atoms with E-state index in [2.05, 4.69) is 15.3 Å². The first-order valence-corrected chi connectivity index (χ1v) is 6.43. The zero-order valence-electron chi connectivity index (χ0n) is 10.2. The van der Waals surface area contributed by atoms with Crippen LogP contribution in [0.5, 0.6) is 0 Å². The number of rotatable bonds is 3. The zero-order valence-corrected chi connectivity index (χ0v) is 11.7. The first-order chi connectivity index (χ1) is 9.10. The standard InChI is InChI=1S/C13H11Cl2N3O/c1-2-9-6-12(17-7-16-9)13(19)18-11-4-3-8(14)5-10(11)15/h3-7H,2H2,1H3,(H,18,19). The van der Waals surface area contributed by atoms with Gasteiger partial charge in [0.1, 0.15) is 12.0 Å². The summed E-state index contributed by atoms with van der Waals surface area (Å²) in [6.07, 6.45) is 2.11. The Morgan fingerprint density at radius 3 is 2.74 bits per heavy atom. The van der Waals surface area contributed by atoms with E-state index in [1.54, 1.807) is 24.3 Å². The van der Waals surface area contributed by atoms with Crippen molar-refractivity contribution in [3.63, 3.8) is 0 Å². The van der Waals surface area contributed by atoms with E-state index < -0.39 is 0 Å². The minimum atomic E-state index is -0.332.